The number of hydrogen-bond donors (Lipinski definition) is 2. The Balaban J connectivity index is 2.21. The lowest BCUT2D eigenvalue weighted by molar-refractivity contribution is 0.597. The highest BCUT2D eigenvalue weighted by atomic mass is 35.5. The predicted molar refractivity (Wildman–Crippen MR) is 86.3 cm³/mol. The molecule has 1 unspecified atom stereocenters. The van der Waals surface area contributed by atoms with Crippen LogP contribution in [0.3, 0.4) is 0 Å². The first-order valence-electron chi connectivity index (χ1n) is 6.12. The van der Waals surface area contributed by atoms with Gasteiger partial charge in [0.15, 0.2) is 0 Å². The number of nitrogens with two attached hydrogens (primary N) is 1. The summed E-state index contributed by atoms with van der Waals surface area (Å²) in [7, 11) is -3.68. The number of halogens is 2. The Hall–Kier alpha value is -1.27. The Morgan fingerprint density at radius 1 is 1.10 bits per heavy atom. The van der Waals surface area contributed by atoms with E-state index in [-0.39, 0.29) is 10.9 Å². The van der Waals surface area contributed by atoms with Crippen LogP contribution in [-0.4, -0.2) is 8.42 Å². The molecule has 0 aliphatic carbocycles. The Kier molecular flexibility index (Phi) is 4.78. The Morgan fingerprint density at radius 3 is 2.29 bits per heavy atom. The van der Waals surface area contributed by atoms with Gasteiger partial charge in [-0.3, -0.25) is 0 Å². The van der Waals surface area contributed by atoms with Crippen molar-refractivity contribution in [2.75, 3.05) is 5.32 Å². The Bertz CT molecular complexity index is 746. The second-order valence-electron chi connectivity index (χ2n) is 4.58. The molecule has 0 spiro atoms. The van der Waals surface area contributed by atoms with Crippen LogP contribution >= 0.6 is 23.2 Å². The summed E-state index contributed by atoms with van der Waals surface area (Å²) in [6.45, 7) is 1.93. The van der Waals surface area contributed by atoms with Gasteiger partial charge in [-0.25, -0.2) is 13.6 Å². The standard InChI is InChI=1S/C14H14Cl2N2O2S/c1-9(18-13-4-2-3-12(15)14(13)16)10-5-7-11(8-6-10)21(17,19)20/h2-9,18H,1H3,(H2,17,19,20). The smallest absolute Gasteiger partial charge is 0.238 e. The zero-order valence-corrected chi connectivity index (χ0v) is 13.5. The first-order chi connectivity index (χ1) is 9.79. The first-order valence-corrected chi connectivity index (χ1v) is 8.42. The summed E-state index contributed by atoms with van der Waals surface area (Å²) in [5.74, 6) is 0. The number of nitrogens with one attached hydrogen (secondary N) is 1. The minimum atomic E-state index is -3.68. The SMILES string of the molecule is CC(Nc1cccc(Cl)c1Cl)c1ccc(S(N)(=O)=O)cc1. The number of hydrogen-bond acceptors (Lipinski definition) is 3. The molecule has 0 bridgehead atoms. The summed E-state index contributed by atoms with van der Waals surface area (Å²) in [6, 6.07) is 11.6. The molecule has 1 atom stereocenters. The van der Waals surface area contributed by atoms with Gasteiger partial charge in [-0.2, -0.15) is 0 Å². The quantitative estimate of drug-likeness (QED) is 0.885. The lowest BCUT2D eigenvalue weighted by Gasteiger charge is -2.17. The molecular weight excluding hydrogens is 331 g/mol. The molecule has 4 nitrogen and oxygen atoms in total. The third kappa shape index (κ3) is 3.89. The van der Waals surface area contributed by atoms with Crippen molar-refractivity contribution >= 4 is 38.9 Å². The van der Waals surface area contributed by atoms with E-state index in [4.69, 9.17) is 28.3 Å². The molecule has 21 heavy (non-hydrogen) atoms. The molecule has 0 radical (unpaired) electrons. The van der Waals surface area contributed by atoms with Crippen LogP contribution in [0, 0.1) is 0 Å². The maximum Gasteiger partial charge on any atom is 0.238 e. The molecular formula is C14H14Cl2N2O2S. The van der Waals surface area contributed by atoms with Gasteiger partial charge >= 0.3 is 0 Å². The van der Waals surface area contributed by atoms with Crippen LogP contribution in [0.2, 0.25) is 10.0 Å². The highest BCUT2D eigenvalue weighted by Crippen LogP contribution is 2.32. The maximum absolute atomic E-state index is 11.2. The summed E-state index contributed by atoms with van der Waals surface area (Å²) >= 11 is 12.1. The highest BCUT2D eigenvalue weighted by Gasteiger charge is 2.11. The van der Waals surface area contributed by atoms with Gasteiger partial charge in [-0.15, -0.1) is 0 Å². The number of anilines is 1. The van der Waals surface area contributed by atoms with E-state index in [2.05, 4.69) is 5.32 Å². The fraction of sp³-hybridized carbons (Fsp3) is 0.143. The van der Waals surface area contributed by atoms with E-state index < -0.39 is 10.0 Å². The van der Waals surface area contributed by atoms with E-state index in [0.717, 1.165) is 5.56 Å². The van der Waals surface area contributed by atoms with Crippen LogP contribution in [0.1, 0.15) is 18.5 Å². The molecule has 0 heterocycles. The van der Waals surface area contributed by atoms with Crippen LogP contribution in [0.5, 0.6) is 0 Å². The molecule has 0 aliphatic rings. The molecule has 3 N–H and O–H groups in total. The van der Waals surface area contributed by atoms with Crippen LogP contribution < -0.4 is 10.5 Å². The van der Waals surface area contributed by atoms with Gasteiger partial charge in [-0.05, 0) is 36.8 Å². The van der Waals surface area contributed by atoms with Gasteiger partial charge in [0.05, 0.1) is 20.6 Å². The molecule has 0 saturated carbocycles. The molecule has 7 heteroatoms. The van der Waals surface area contributed by atoms with Crippen molar-refractivity contribution < 1.29 is 8.42 Å². The van der Waals surface area contributed by atoms with Crippen molar-refractivity contribution in [1.82, 2.24) is 0 Å². The van der Waals surface area contributed by atoms with Gasteiger partial charge in [-0.1, -0.05) is 41.4 Å². The highest BCUT2D eigenvalue weighted by molar-refractivity contribution is 7.89. The van der Waals surface area contributed by atoms with E-state index in [9.17, 15) is 8.42 Å². The molecule has 0 fully saturated rings. The van der Waals surface area contributed by atoms with Gasteiger partial charge < -0.3 is 5.32 Å². The Labute approximate surface area is 133 Å². The summed E-state index contributed by atoms with van der Waals surface area (Å²) in [4.78, 5) is 0.0826. The monoisotopic (exact) mass is 344 g/mol. The van der Waals surface area contributed by atoms with E-state index >= 15 is 0 Å². The molecule has 2 rings (SSSR count). The summed E-state index contributed by atoms with van der Waals surface area (Å²) in [6.07, 6.45) is 0. The van der Waals surface area contributed by atoms with E-state index in [1.54, 1.807) is 24.3 Å². The van der Waals surface area contributed by atoms with Crippen LogP contribution in [-0.2, 0) is 10.0 Å². The molecule has 0 saturated heterocycles. The largest absolute Gasteiger partial charge is 0.377 e. The summed E-state index contributed by atoms with van der Waals surface area (Å²) < 4.78 is 22.4. The third-order valence-electron chi connectivity index (χ3n) is 3.03. The van der Waals surface area contributed by atoms with Crippen LogP contribution in [0.15, 0.2) is 47.4 Å². The molecule has 2 aromatic carbocycles. The molecule has 0 aliphatic heterocycles. The normalized spacial score (nSPS) is 13.0. The first kappa shape index (κ1) is 16.1. The minimum Gasteiger partial charge on any atom is -0.377 e. The molecule has 0 amide bonds. The van der Waals surface area contributed by atoms with Gasteiger partial charge in [0.25, 0.3) is 0 Å². The number of rotatable bonds is 4. The van der Waals surface area contributed by atoms with E-state index in [0.29, 0.717) is 15.7 Å². The number of sulfonamides is 1. The van der Waals surface area contributed by atoms with E-state index in [1.807, 2.05) is 13.0 Å². The average Bonchev–Trinajstić information content (AvgIpc) is 2.43. The summed E-state index contributed by atoms with van der Waals surface area (Å²) in [5, 5.41) is 9.22. The maximum atomic E-state index is 11.2. The molecule has 0 aromatic heterocycles. The second-order valence-corrected chi connectivity index (χ2v) is 6.93. The fourth-order valence-corrected chi connectivity index (χ4v) is 2.75. The summed E-state index contributed by atoms with van der Waals surface area (Å²) in [5.41, 5.74) is 1.62. The van der Waals surface area contributed by atoms with Crippen molar-refractivity contribution in [2.45, 2.75) is 17.9 Å². The molecule has 2 aromatic rings. The Morgan fingerprint density at radius 2 is 1.71 bits per heavy atom. The zero-order valence-electron chi connectivity index (χ0n) is 11.2. The van der Waals surface area contributed by atoms with Crippen LogP contribution in [0.25, 0.3) is 0 Å². The van der Waals surface area contributed by atoms with Crippen LogP contribution in [0.4, 0.5) is 5.69 Å². The van der Waals surface area contributed by atoms with E-state index in [1.165, 1.54) is 12.1 Å². The fourth-order valence-electron chi connectivity index (χ4n) is 1.88. The lowest BCUT2D eigenvalue weighted by atomic mass is 10.1. The second kappa shape index (κ2) is 6.23. The van der Waals surface area contributed by atoms with Gasteiger partial charge in [0.1, 0.15) is 0 Å². The average molecular weight is 345 g/mol. The zero-order chi connectivity index (χ0) is 15.6. The topological polar surface area (TPSA) is 72.2 Å². The number of primary sulfonamides is 1. The van der Waals surface area contributed by atoms with Crippen molar-refractivity contribution in [3.8, 4) is 0 Å². The predicted octanol–water partition coefficient (Wildman–Crippen LogP) is 3.81. The van der Waals surface area contributed by atoms with Crippen molar-refractivity contribution in [3.05, 3.63) is 58.1 Å². The number of benzene rings is 2. The van der Waals surface area contributed by atoms with Gasteiger partial charge in [0, 0.05) is 6.04 Å². The van der Waals surface area contributed by atoms with Crippen molar-refractivity contribution in [2.24, 2.45) is 5.14 Å². The van der Waals surface area contributed by atoms with Crippen molar-refractivity contribution in [1.29, 1.82) is 0 Å². The van der Waals surface area contributed by atoms with Crippen molar-refractivity contribution in [3.63, 3.8) is 0 Å². The lowest BCUT2D eigenvalue weighted by Crippen LogP contribution is -2.12. The minimum absolute atomic E-state index is 0.0736. The van der Waals surface area contributed by atoms with Gasteiger partial charge in [0.2, 0.25) is 10.0 Å². The third-order valence-corrected chi connectivity index (χ3v) is 4.78. The molecule has 112 valence electrons.